The lowest BCUT2D eigenvalue weighted by Crippen LogP contribution is -2.57. The molecule has 0 fully saturated rings. The molecular formula is C39H44N5O7+. The molecule has 1 N–H and O–H groups in total. The molecule has 2 atom stereocenters. The van der Waals surface area contributed by atoms with Crippen LogP contribution >= 0.6 is 0 Å². The van der Waals surface area contributed by atoms with E-state index in [1.54, 1.807) is 59.6 Å². The third-order valence-electron chi connectivity index (χ3n) is 8.64. The van der Waals surface area contributed by atoms with Gasteiger partial charge in [0.05, 0.1) is 36.4 Å². The summed E-state index contributed by atoms with van der Waals surface area (Å²) in [6.07, 6.45) is 4.96. The van der Waals surface area contributed by atoms with E-state index in [0.717, 1.165) is 5.56 Å². The first-order valence-electron chi connectivity index (χ1n) is 16.9. The molecule has 0 bridgehead atoms. The van der Waals surface area contributed by atoms with Gasteiger partial charge < -0.3 is 19.7 Å². The Balaban J connectivity index is 1.43. The van der Waals surface area contributed by atoms with Crippen LogP contribution in [0.25, 0.3) is 5.70 Å². The fourth-order valence-electron chi connectivity index (χ4n) is 6.04. The summed E-state index contributed by atoms with van der Waals surface area (Å²) in [5.74, 6) is -2.07. The Morgan fingerprint density at radius 1 is 1.00 bits per heavy atom. The molecule has 2 aliphatic rings. The molecule has 0 radical (unpaired) electrons. The van der Waals surface area contributed by atoms with E-state index in [1.165, 1.54) is 16.9 Å². The van der Waals surface area contributed by atoms with Crippen LogP contribution < -0.4 is 9.88 Å². The van der Waals surface area contributed by atoms with Gasteiger partial charge in [-0.15, -0.1) is 0 Å². The van der Waals surface area contributed by atoms with Crippen molar-refractivity contribution in [3.63, 3.8) is 0 Å². The number of pyridine rings is 1. The second-order valence-corrected chi connectivity index (χ2v) is 13.6. The number of esters is 1. The molecule has 5 rings (SSSR count). The van der Waals surface area contributed by atoms with Crippen molar-refractivity contribution in [2.45, 2.75) is 64.7 Å². The molecule has 3 heterocycles. The number of methoxy groups -OCH3 is 1. The van der Waals surface area contributed by atoms with E-state index in [9.17, 15) is 24.0 Å². The number of nitrogens with one attached hydrogen (secondary N) is 1. The van der Waals surface area contributed by atoms with Gasteiger partial charge in [-0.2, -0.15) is 4.57 Å². The highest BCUT2D eigenvalue weighted by atomic mass is 16.5. The number of benzene rings is 2. The second-order valence-electron chi connectivity index (χ2n) is 13.6. The van der Waals surface area contributed by atoms with Crippen molar-refractivity contribution in [3.05, 3.63) is 108 Å². The molecule has 2 aliphatic heterocycles. The zero-order valence-corrected chi connectivity index (χ0v) is 29.6. The maximum atomic E-state index is 14.4. The van der Waals surface area contributed by atoms with Crippen LogP contribution in [0.1, 0.15) is 55.6 Å². The van der Waals surface area contributed by atoms with Crippen LogP contribution in [0, 0.1) is 5.92 Å². The Bertz CT molecular complexity index is 1820. The van der Waals surface area contributed by atoms with Crippen molar-refractivity contribution >= 4 is 41.1 Å². The first kappa shape index (κ1) is 36.6. The number of hydrogen-bond acceptors (Lipinski definition) is 8. The maximum Gasteiger partial charge on any atom is 0.372 e. The lowest BCUT2D eigenvalue weighted by molar-refractivity contribution is -0.685. The zero-order valence-electron chi connectivity index (χ0n) is 29.6. The molecule has 0 unspecified atom stereocenters. The fourth-order valence-corrected chi connectivity index (χ4v) is 6.04. The smallest absolute Gasteiger partial charge is 0.372 e. The maximum absolute atomic E-state index is 14.4. The topological polar surface area (TPSA) is 139 Å². The summed E-state index contributed by atoms with van der Waals surface area (Å²) in [6, 6.07) is 19.7. The Labute approximate surface area is 297 Å². The number of amides is 3. The largest absolute Gasteiger partial charge is 0.478 e. The highest BCUT2D eigenvalue weighted by Crippen LogP contribution is 2.31. The minimum Gasteiger partial charge on any atom is -0.478 e. The van der Waals surface area contributed by atoms with E-state index in [4.69, 9.17) is 9.47 Å². The van der Waals surface area contributed by atoms with Crippen LogP contribution in [0.4, 0.5) is 0 Å². The number of Topliss-reactive ketones (excluding diaryl/α,β-unsaturated/α-hetero) is 1. The summed E-state index contributed by atoms with van der Waals surface area (Å²) in [5, 5.41) is 2.89. The zero-order chi connectivity index (χ0) is 36.7. The normalized spacial score (nSPS) is 17.3. The number of hydrogen-bond donors (Lipinski definition) is 1. The van der Waals surface area contributed by atoms with E-state index in [0.29, 0.717) is 29.3 Å². The standard InChI is InChI=1S/C39H43N5O7/c1-26(2)36-38(49)43(23-33(46)40-30(20-27-12-8-6-9-13-27)32(45)21-34-41-39(3,4)25-51-34)31(28-14-10-7-11-15-28)22-44(36)37(48)29-16-18-42(19-17-29)24-35(47)50-5/h6-19,22,26,30,36H,20-21,23-25H2,1-5H3/p+1/t30-,36+/m0/s1. The fraction of sp³-hybridized carbons (Fsp3) is 0.359. The molecule has 0 spiro atoms. The molecule has 12 nitrogen and oxygen atoms in total. The van der Waals surface area contributed by atoms with Crippen molar-refractivity contribution in [2.24, 2.45) is 10.9 Å². The molecule has 266 valence electrons. The van der Waals surface area contributed by atoms with Gasteiger partial charge in [-0.25, -0.2) is 9.79 Å². The minimum absolute atomic E-state index is 0.0185. The van der Waals surface area contributed by atoms with E-state index in [2.05, 4.69) is 10.3 Å². The predicted molar refractivity (Wildman–Crippen MR) is 189 cm³/mol. The van der Waals surface area contributed by atoms with Gasteiger partial charge in [-0.05, 0) is 37.3 Å². The van der Waals surface area contributed by atoms with Crippen molar-refractivity contribution in [1.82, 2.24) is 15.1 Å². The number of ketones is 1. The Morgan fingerprint density at radius 2 is 1.65 bits per heavy atom. The van der Waals surface area contributed by atoms with E-state index >= 15 is 0 Å². The summed E-state index contributed by atoms with van der Waals surface area (Å²) >= 11 is 0. The molecule has 0 aliphatic carbocycles. The van der Waals surface area contributed by atoms with Crippen LogP contribution in [-0.4, -0.2) is 83.1 Å². The van der Waals surface area contributed by atoms with Gasteiger partial charge in [-0.1, -0.05) is 74.5 Å². The van der Waals surface area contributed by atoms with Crippen molar-refractivity contribution in [2.75, 3.05) is 20.3 Å². The molecule has 1 aromatic heterocycles. The summed E-state index contributed by atoms with van der Waals surface area (Å²) in [4.78, 5) is 74.9. The Morgan fingerprint density at radius 3 is 2.24 bits per heavy atom. The Kier molecular flexibility index (Phi) is 11.4. The van der Waals surface area contributed by atoms with E-state index < -0.39 is 41.3 Å². The van der Waals surface area contributed by atoms with E-state index in [-0.39, 0.29) is 37.6 Å². The molecule has 3 aromatic rings. The van der Waals surface area contributed by atoms with Crippen LogP contribution in [0.3, 0.4) is 0 Å². The number of carbonyl (C=O) groups is 5. The number of rotatable bonds is 13. The number of aliphatic imine (C=N–C) groups is 1. The molecule has 2 aromatic carbocycles. The third-order valence-corrected chi connectivity index (χ3v) is 8.64. The molecule has 3 amide bonds. The summed E-state index contributed by atoms with van der Waals surface area (Å²) in [6.45, 7) is 7.48. The van der Waals surface area contributed by atoms with Gasteiger partial charge in [0.2, 0.25) is 12.5 Å². The van der Waals surface area contributed by atoms with Gasteiger partial charge in [0, 0.05) is 18.3 Å². The molecule has 12 heteroatoms. The van der Waals surface area contributed by atoms with E-state index in [1.807, 2.05) is 64.1 Å². The van der Waals surface area contributed by atoms with Crippen LogP contribution in [0.15, 0.2) is 96.4 Å². The van der Waals surface area contributed by atoms with Gasteiger partial charge in [0.25, 0.3) is 11.8 Å². The Hall–Kier alpha value is -5.65. The van der Waals surface area contributed by atoms with Crippen LogP contribution in [0.5, 0.6) is 0 Å². The number of carbonyl (C=O) groups excluding carboxylic acids is 5. The highest BCUT2D eigenvalue weighted by molar-refractivity contribution is 6.05. The van der Waals surface area contributed by atoms with Crippen LogP contribution in [0.2, 0.25) is 0 Å². The number of aromatic nitrogens is 1. The molecule has 0 saturated carbocycles. The number of nitrogens with zero attached hydrogens (tertiary/aromatic N) is 4. The SMILES string of the molecule is COC(=O)C[n+]1ccc(C(=O)N2C=C(c3ccccc3)N(CC(=O)N[C@@H](Cc3ccccc3)C(=O)CC3=NC(C)(C)CO3)C(=O)[C@H]2C(C)C)cc1. The van der Waals surface area contributed by atoms with Gasteiger partial charge in [0.15, 0.2) is 24.1 Å². The van der Waals surface area contributed by atoms with Gasteiger partial charge in [-0.3, -0.25) is 24.1 Å². The van der Waals surface area contributed by atoms with Crippen molar-refractivity contribution in [3.8, 4) is 0 Å². The van der Waals surface area contributed by atoms with Gasteiger partial charge >= 0.3 is 5.97 Å². The van der Waals surface area contributed by atoms with Crippen molar-refractivity contribution < 1.29 is 38.0 Å². The second kappa shape index (κ2) is 15.9. The lowest BCUT2D eigenvalue weighted by Gasteiger charge is -2.41. The minimum atomic E-state index is -0.928. The third kappa shape index (κ3) is 9.13. The van der Waals surface area contributed by atoms with Crippen molar-refractivity contribution in [1.29, 1.82) is 0 Å². The molecule has 0 saturated heterocycles. The average Bonchev–Trinajstić information content (AvgIpc) is 3.46. The summed E-state index contributed by atoms with van der Waals surface area (Å²) in [5.41, 5.74) is 1.72. The molecular weight excluding hydrogens is 650 g/mol. The molecule has 51 heavy (non-hydrogen) atoms. The average molecular weight is 695 g/mol. The predicted octanol–water partition coefficient (Wildman–Crippen LogP) is 3.35. The first-order chi connectivity index (χ1) is 24.3. The monoisotopic (exact) mass is 694 g/mol. The first-order valence-corrected chi connectivity index (χ1v) is 16.9. The van der Waals surface area contributed by atoms with Crippen LogP contribution in [-0.2, 0) is 41.6 Å². The number of ether oxygens (including phenoxy) is 2. The highest BCUT2D eigenvalue weighted by Gasteiger charge is 2.42. The summed E-state index contributed by atoms with van der Waals surface area (Å²) < 4.78 is 12.0. The lowest BCUT2D eigenvalue weighted by atomic mass is 9.96. The summed E-state index contributed by atoms with van der Waals surface area (Å²) in [7, 11) is 1.30. The van der Waals surface area contributed by atoms with Gasteiger partial charge in [0.1, 0.15) is 19.2 Å². The quantitative estimate of drug-likeness (QED) is 0.214.